The Labute approximate surface area is 122 Å². The van der Waals surface area contributed by atoms with Gasteiger partial charge in [0.2, 0.25) is 5.56 Å². The van der Waals surface area contributed by atoms with Gasteiger partial charge in [0.05, 0.1) is 18.3 Å². The van der Waals surface area contributed by atoms with Crippen molar-refractivity contribution in [2.24, 2.45) is 0 Å². The van der Waals surface area contributed by atoms with Gasteiger partial charge < -0.3 is 14.6 Å². The Morgan fingerprint density at radius 3 is 3.05 bits per heavy atom. The summed E-state index contributed by atoms with van der Waals surface area (Å²) in [6.45, 7) is 3.74. The maximum absolute atomic E-state index is 12.7. The van der Waals surface area contributed by atoms with Crippen molar-refractivity contribution in [2.75, 3.05) is 19.7 Å². The SMILES string of the molecule is CC[C@H]1CN(C(=O)c2cc(=O)[nH]c3ccccc23)CCO1. The molecule has 5 heteroatoms. The van der Waals surface area contributed by atoms with Crippen molar-refractivity contribution in [3.05, 3.63) is 46.2 Å². The molecule has 0 saturated carbocycles. The van der Waals surface area contributed by atoms with Crippen LogP contribution in [0.25, 0.3) is 10.9 Å². The number of amides is 1. The van der Waals surface area contributed by atoms with Gasteiger partial charge in [0.1, 0.15) is 0 Å². The summed E-state index contributed by atoms with van der Waals surface area (Å²) < 4.78 is 5.59. The highest BCUT2D eigenvalue weighted by Gasteiger charge is 2.25. The molecule has 0 unspecified atom stereocenters. The first-order valence-corrected chi connectivity index (χ1v) is 7.22. The number of ether oxygens (including phenoxy) is 1. The van der Waals surface area contributed by atoms with Gasteiger partial charge in [-0.25, -0.2) is 0 Å². The third-order valence-electron chi connectivity index (χ3n) is 3.86. The van der Waals surface area contributed by atoms with E-state index < -0.39 is 0 Å². The van der Waals surface area contributed by atoms with E-state index in [1.165, 1.54) is 6.07 Å². The molecule has 2 heterocycles. The van der Waals surface area contributed by atoms with Crippen LogP contribution in [0, 0.1) is 0 Å². The second-order valence-electron chi connectivity index (χ2n) is 5.25. The lowest BCUT2D eigenvalue weighted by Crippen LogP contribution is -2.45. The normalized spacial score (nSPS) is 18.9. The van der Waals surface area contributed by atoms with Crippen LogP contribution in [0.1, 0.15) is 23.7 Å². The maximum atomic E-state index is 12.7. The van der Waals surface area contributed by atoms with Crippen molar-refractivity contribution in [1.82, 2.24) is 9.88 Å². The second kappa shape index (κ2) is 5.69. The van der Waals surface area contributed by atoms with Crippen LogP contribution in [-0.4, -0.2) is 41.6 Å². The zero-order valence-corrected chi connectivity index (χ0v) is 12.0. The summed E-state index contributed by atoms with van der Waals surface area (Å²) in [5, 5.41) is 0.779. The Kier molecular flexibility index (Phi) is 3.75. The summed E-state index contributed by atoms with van der Waals surface area (Å²) in [4.78, 5) is 29.0. The number of pyridine rings is 1. The van der Waals surface area contributed by atoms with E-state index >= 15 is 0 Å². The summed E-state index contributed by atoms with van der Waals surface area (Å²) >= 11 is 0. The maximum Gasteiger partial charge on any atom is 0.254 e. The molecule has 0 radical (unpaired) electrons. The van der Waals surface area contributed by atoms with Crippen molar-refractivity contribution in [3.63, 3.8) is 0 Å². The molecule has 1 amide bonds. The molecule has 0 bridgehead atoms. The number of H-pyrrole nitrogens is 1. The number of nitrogens with zero attached hydrogens (tertiary/aromatic N) is 1. The number of aromatic amines is 1. The molecule has 1 aromatic heterocycles. The molecule has 0 aliphatic carbocycles. The zero-order chi connectivity index (χ0) is 14.8. The molecule has 1 N–H and O–H groups in total. The topological polar surface area (TPSA) is 62.4 Å². The van der Waals surface area contributed by atoms with Crippen LogP contribution in [0.15, 0.2) is 35.1 Å². The average molecular weight is 286 g/mol. The molecule has 21 heavy (non-hydrogen) atoms. The van der Waals surface area contributed by atoms with Crippen molar-refractivity contribution in [2.45, 2.75) is 19.4 Å². The standard InChI is InChI=1S/C16H18N2O3/c1-2-11-10-18(7-8-21-11)16(20)13-9-15(19)17-14-6-4-3-5-12(13)14/h3-6,9,11H,2,7-8,10H2,1H3,(H,17,19)/t11-/m0/s1. The minimum Gasteiger partial charge on any atom is -0.375 e. The van der Waals surface area contributed by atoms with E-state index in [9.17, 15) is 9.59 Å². The van der Waals surface area contributed by atoms with Gasteiger partial charge in [-0.05, 0) is 12.5 Å². The molecule has 3 rings (SSSR count). The number of morpholine rings is 1. The van der Waals surface area contributed by atoms with Gasteiger partial charge in [0.25, 0.3) is 5.91 Å². The molecule has 1 aromatic carbocycles. The van der Waals surface area contributed by atoms with E-state index in [0.29, 0.717) is 30.8 Å². The van der Waals surface area contributed by atoms with Crippen molar-refractivity contribution < 1.29 is 9.53 Å². The number of nitrogens with one attached hydrogen (secondary N) is 1. The number of para-hydroxylation sites is 1. The Balaban J connectivity index is 1.99. The molecule has 2 aromatic rings. The Morgan fingerprint density at radius 1 is 1.43 bits per heavy atom. The fourth-order valence-electron chi connectivity index (χ4n) is 2.70. The largest absolute Gasteiger partial charge is 0.375 e. The van der Waals surface area contributed by atoms with E-state index in [1.54, 1.807) is 4.90 Å². The summed E-state index contributed by atoms with van der Waals surface area (Å²) in [6.07, 6.45) is 0.954. The van der Waals surface area contributed by atoms with Crippen LogP contribution < -0.4 is 5.56 Å². The lowest BCUT2D eigenvalue weighted by atomic mass is 10.1. The first-order valence-electron chi connectivity index (χ1n) is 7.22. The number of carbonyl (C=O) groups is 1. The molecule has 1 fully saturated rings. The number of aromatic nitrogens is 1. The van der Waals surface area contributed by atoms with Gasteiger partial charge in [-0.1, -0.05) is 25.1 Å². The average Bonchev–Trinajstić information content (AvgIpc) is 2.53. The van der Waals surface area contributed by atoms with Gasteiger partial charge in [-0.15, -0.1) is 0 Å². The Morgan fingerprint density at radius 2 is 2.24 bits per heavy atom. The van der Waals surface area contributed by atoms with Crippen LogP contribution in [0.2, 0.25) is 0 Å². The smallest absolute Gasteiger partial charge is 0.254 e. The van der Waals surface area contributed by atoms with E-state index in [0.717, 1.165) is 11.8 Å². The third-order valence-corrected chi connectivity index (χ3v) is 3.86. The van der Waals surface area contributed by atoms with Crippen molar-refractivity contribution in [3.8, 4) is 0 Å². The van der Waals surface area contributed by atoms with Gasteiger partial charge in [0.15, 0.2) is 0 Å². The summed E-state index contributed by atoms with van der Waals surface area (Å²) in [5.74, 6) is -0.0981. The number of benzene rings is 1. The van der Waals surface area contributed by atoms with Crippen LogP contribution >= 0.6 is 0 Å². The molecular formula is C16H18N2O3. The molecule has 1 saturated heterocycles. The van der Waals surface area contributed by atoms with E-state index in [2.05, 4.69) is 4.98 Å². The molecule has 5 nitrogen and oxygen atoms in total. The van der Waals surface area contributed by atoms with E-state index in [4.69, 9.17) is 4.74 Å². The van der Waals surface area contributed by atoms with Crippen molar-refractivity contribution in [1.29, 1.82) is 0 Å². The number of carbonyl (C=O) groups excluding carboxylic acids is 1. The lowest BCUT2D eigenvalue weighted by Gasteiger charge is -2.32. The Bertz CT molecular complexity index is 723. The first-order chi connectivity index (χ1) is 10.2. The molecule has 1 aliphatic rings. The van der Waals surface area contributed by atoms with E-state index in [-0.39, 0.29) is 17.6 Å². The molecule has 0 spiro atoms. The van der Waals surface area contributed by atoms with E-state index in [1.807, 2.05) is 31.2 Å². The predicted octanol–water partition coefficient (Wildman–Crippen LogP) is 1.78. The lowest BCUT2D eigenvalue weighted by molar-refractivity contribution is -0.0225. The first kappa shape index (κ1) is 13.8. The highest BCUT2D eigenvalue weighted by atomic mass is 16.5. The van der Waals surface area contributed by atoms with Gasteiger partial charge in [-0.2, -0.15) is 0 Å². The molecule has 110 valence electrons. The summed E-state index contributed by atoms with van der Waals surface area (Å²) in [7, 11) is 0. The quantitative estimate of drug-likeness (QED) is 0.915. The van der Waals surface area contributed by atoms with Crippen LogP contribution in [-0.2, 0) is 4.74 Å². The summed E-state index contributed by atoms with van der Waals surface area (Å²) in [6, 6.07) is 8.76. The van der Waals surface area contributed by atoms with Gasteiger partial charge >= 0.3 is 0 Å². The van der Waals surface area contributed by atoms with Crippen molar-refractivity contribution >= 4 is 16.8 Å². The second-order valence-corrected chi connectivity index (χ2v) is 5.25. The fraction of sp³-hybridized carbons (Fsp3) is 0.375. The predicted molar refractivity (Wildman–Crippen MR) is 80.5 cm³/mol. The molecule has 1 aliphatic heterocycles. The number of fused-ring (bicyclic) bond motifs is 1. The number of rotatable bonds is 2. The minimum absolute atomic E-state index is 0.0796. The highest BCUT2D eigenvalue weighted by molar-refractivity contribution is 6.05. The number of hydrogen-bond acceptors (Lipinski definition) is 3. The molecular weight excluding hydrogens is 268 g/mol. The highest BCUT2D eigenvalue weighted by Crippen LogP contribution is 2.18. The minimum atomic E-state index is -0.252. The zero-order valence-electron chi connectivity index (χ0n) is 12.0. The Hall–Kier alpha value is -2.14. The fourth-order valence-corrected chi connectivity index (χ4v) is 2.70. The monoisotopic (exact) mass is 286 g/mol. The molecule has 1 atom stereocenters. The van der Waals surface area contributed by atoms with Gasteiger partial charge in [0, 0.05) is 30.1 Å². The van der Waals surface area contributed by atoms with Crippen LogP contribution in [0.3, 0.4) is 0 Å². The van der Waals surface area contributed by atoms with Crippen LogP contribution in [0.4, 0.5) is 0 Å². The van der Waals surface area contributed by atoms with Gasteiger partial charge in [-0.3, -0.25) is 9.59 Å². The third kappa shape index (κ3) is 2.69. The van der Waals surface area contributed by atoms with Crippen LogP contribution in [0.5, 0.6) is 0 Å². The summed E-state index contributed by atoms with van der Waals surface area (Å²) in [5.41, 5.74) is 0.900. The number of hydrogen-bond donors (Lipinski definition) is 1.